The van der Waals surface area contributed by atoms with Crippen molar-refractivity contribution in [2.24, 2.45) is 0 Å². The number of piperazine rings is 1. The molecule has 1 N–H and O–H groups in total. The first-order valence-electron chi connectivity index (χ1n) is 10.3. The van der Waals surface area contributed by atoms with Gasteiger partial charge in [-0.05, 0) is 52.0 Å². The number of hydrogen-bond donors (Lipinski definition) is 1. The summed E-state index contributed by atoms with van der Waals surface area (Å²) in [5, 5.41) is 4.82. The van der Waals surface area contributed by atoms with Gasteiger partial charge in [-0.15, -0.1) is 11.3 Å². The Balaban J connectivity index is 1.41. The van der Waals surface area contributed by atoms with Crippen LogP contribution in [0.15, 0.2) is 5.38 Å². The van der Waals surface area contributed by atoms with Crippen molar-refractivity contribution in [1.82, 2.24) is 15.1 Å². The molecule has 1 aromatic rings. The van der Waals surface area contributed by atoms with Crippen LogP contribution in [0.2, 0.25) is 0 Å². The SMILES string of the molecule is CC(C)(C)NC(=O)CN1CCN(C(=O)COC(=O)c2csc3c2CCCC3)CC1. The third-order valence-corrected chi connectivity index (χ3v) is 6.30. The van der Waals surface area contributed by atoms with E-state index in [0.717, 1.165) is 24.8 Å². The zero-order chi connectivity index (χ0) is 21.0. The van der Waals surface area contributed by atoms with Gasteiger partial charge >= 0.3 is 5.97 Å². The Bertz CT molecular complexity index is 760. The van der Waals surface area contributed by atoms with Gasteiger partial charge in [0.25, 0.3) is 5.91 Å². The molecule has 1 aliphatic carbocycles. The van der Waals surface area contributed by atoms with Crippen molar-refractivity contribution in [3.05, 3.63) is 21.4 Å². The molecule has 7 nitrogen and oxygen atoms in total. The normalized spacial score (nSPS) is 17.6. The molecule has 0 radical (unpaired) electrons. The van der Waals surface area contributed by atoms with Crippen LogP contribution in [0.4, 0.5) is 0 Å². The number of esters is 1. The van der Waals surface area contributed by atoms with E-state index >= 15 is 0 Å². The lowest BCUT2D eigenvalue weighted by Crippen LogP contribution is -2.53. The lowest BCUT2D eigenvalue weighted by molar-refractivity contribution is -0.136. The number of nitrogens with one attached hydrogen (secondary N) is 1. The number of ether oxygens (including phenoxy) is 1. The minimum absolute atomic E-state index is 0.00898. The number of carbonyl (C=O) groups is 3. The maximum atomic E-state index is 12.4. The number of rotatable bonds is 5. The predicted octanol–water partition coefficient (Wildman–Crippen LogP) is 1.84. The number of amides is 2. The van der Waals surface area contributed by atoms with Crippen LogP contribution >= 0.6 is 11.3 Å². The van der Waals surface area contributed by atoms with Crippen LogP contribution in [-0.4, -0.2) is 72.5 Å². The first-order valence-corrected chi connectivity index (χ1v) is 11.2. The van der Waals surface area contributed by atoms with Crippen molar-refractivity contribution in [3.8, 4) is 0 Å². The number of fused-ring (bicyclic) bond motifs is 1. The van der Waals surface area contributed by atoms with Gasteiger partial charge in [0.15, 0.2) is 6.61 Å². The average molecular weight is 422 g/mol. The minimum atomic E-state index is -0.393. The Hall–Kier alpha value is -1.93. The molecule has 1 aromatic heterocycles. The van der Waals surface area contributed by atoms with E-state index in [1.54, 1.807) is 16.2 Å². The lowest BCUT2D eigenvalue weighted by atomic mass is 9.96. The van der Waals surface area contributed by atoms with Gasteiger partial charge in [0.2, 0.25) is 5.91 Å². The van der Waals surface area contributed by atoms with E-state index < -0.39 is 5.97 Å². The first-order chi connectivity index (χ1) is 13.7. The van der Waals surface area contributed by atoms with Crippen LogP contribution in [0.1, 0.15) is 54.4 Å². The topological polar surface area (TPSA) is 79.0 Å². The predicted molar refractivity (Wildman–Crippen MR) is 112 cm³/mol. The Labute approximate surface area is 176 Å². The molecule has 2 aliphatic rings. The molecule has 160 valence electrons. The molecule has 2 amide bonds. The molecule has 1 aliphatic heterocycles. The molecular formula is C21H31N3O4S. The molecule has 8 heteroatoms. The molecule has 29 heavy (non-hydrogen) atoms. The van der Waals surface area contributed by atoms with E-state index in [2.05, 4.69) is 5.32 Å². The number of hydrogen-bond acceptors (Lipinski definition) is 6. The summed E-state index contributed by atoms with van der Waals surface area (Å²) in [4.78, 5) is 41.9. The molecule has 1 fully saturated rings. The third-order valence-electron chi connectivity index (χ3n) is 5.21. The van der Waals surface area contributed by atoms with Gasteiger partial charge in [-0.3, -0.25) is 14.5 Å². The monoisotopic (exact) mass is 421 g/mol. The molecule has 0 bridgehead atoms. The van der Waals surface area contributed by atoms with Crippen molar-refractivity contribution in [2.75, 3.05) is 39.3 Å². The Morgan fingerprint density at radius 2 is 1.79 bits per heavy atom. The maximum Gasteiger partial charge on any atom is 0.339 e. The maximum absolute atomic E-state index is 12.4. The number of nitrogens with zero attached hydrogens (tertiary/aromatic N) is 2. The van der Waals surface area contributed by atoms with E-state index in [1.807, 2.05) is 31.1 Å². The minimum Gasteiger partial charge on any atom is -0.452 e. The van der Waals surface area contributed by atoms with Gasteiger partial charge in [-0.25, -0.2) is 4.79 Å². The highest BCUT2D eigenvalue weighted by Crippen LogP contribution is 2.30. The average Bonchev–Trinajstić information content (AvgIpc) is 3.09. The van der Waals surface area contributed by atoms with Crippen LogP contribution in [0.5, 0.6) is 0 Å². The van der Waals surface area contributed by atoms with Crippen molar-refractivity contribution in [3.63, 3.8) is 0 Å². The van der Waals surface area contributed by atoms with Gasteiger partial charge in [-0.2, -0.15) is 0 Å². The molecule has 0 atom stereocenters. The number of carbonyl (C=O) groups excluding carboxylic acids is 3. The standard InChI is InChI=1S/C21H31N3O4S/c1-21(2,3)22-18(25)12-23-8-10-24(11-9-23)19(26)13-28-20(27)16-14-29-17-7-5-4-6-15(16)17/h14H,4-13H2,1-3H3,(H,22,25). The van der Waals surface area contributed by atoms with Gasteiger partial charge in [-0.1, -0.05) is 0 Å². The highest BCUT2D eigenvalue weighted by molar-refractivity contribution is 7.10. The van der Waals surface area contributed by atoms with E-state index in [9.17, 15) is 14.4 Å². The molecule has 0 unspecified atom stereocenters. The van der Waals surface area contributed by atoms with E-state index in [-0.39, 0.29) is 24.0 Å². The second kappa shape index (κ2) is 9.26. The highest BCUT2D eigenvalue weighted by atomic mass is 32.1. The van der Waals surface area contributed by atoms with Gasteiger partial charge in [0, 0.05) is 42.0 Å². The second-order valence-electron chi connectivity index (χ2n) is 8.79. The molecule has 0 aromatic carbocycles. The molecule has 0 spiro atoms. The summed E-state index contributed by atoms with van der Waals surface area (Å²) in [5.41, 5.74) is 1.49. The fourth-order valence-electron chi connectivity index (χ4n) is 3.78. The van der Waals surface area contributed by atoms with E-state index in [4.69, 9.17) is 4.74 Å². The number of thiophene rings is 1. The molecular weight excluding hydrogens is 390 g/mol. The summed E-state index contributed by atoms with van der Waals surface area (Å²) >= 11 is 1.62. The van der Waals surface area contributed by atoms with Gasteiger partial charge < -0.3 is 15.0 Å². The summed E-state index contributed by atoms with van der Waals surface area (Å²) in [6.45, 7) is 8.30. The van der Waals surface area contributed by atoms with Crippen molar-refractivity contribution in [1.29, 1.82) is 0 Å². The molecule has 2 heterocycles. The summed E-state index contributed by atoms with van der Waals surface area (Å²) in [7, 11) is 0. The number of aryl methyl sites for hydroxylation is 1. The van der Waals surface area contributed by atoms with E-state index in [0.29, 0.717) is 38.3 Å². The fourth-order valence-corrected chi connectivity index (χ4v) is 4.89. The van der Waals surface area contributed by atoms with Crippen LogP contribution in [0.3, 0.4) is 0 Å². The molecule has 0 saturated carbocycles. The Morgan fingerprint density at radius 1 is 1.10 bits per heavy atom. The van der Waals surface area contributed by atoms with Crippen molar-refractivity contribution >= 4 is 29.1 Å². The summed E-state index contributed by atoms with van der Waals surface area (Å²) in [5.74, 6) is -0.582. The largest absolute Gasteiger partial charge is 0.452 e. The lowest BCUT2D eigenvalue weighted by Gasteiger charge is -2.34. The second-order valence-corrected chi connectivity index (χ2v) is 9.75. The van der Waals surface area contributed by atoms with Crippen LogP contribution < -0.4 is 5.32 Å². The van der Waals surface area contributed by atoms with Crippen LogP contribution in [-0.2, 0) is 27.2 Å². The Morgan fingerprint density at radius 3 is 2.48 bits per heavy atom. The Kier molecular flexibility index (Phi) is 6.95. The summed E-state index contributed by atoms with van der Waals surface area (Å²) in [6.07, 6.45) is 4.22. The zero-order valence-corrected chi connectivity index (χ0v) is 18.4. The smallest absolute Gasteiger partial charge is 0.339 e. The van der Waals surface area contributed by atoms with Crippen LogP contribution in [0.25, 0.3) is 0 Å². The quantitative estimate of drug-likeness (QED) is 0.734. The van der Waals surface area contributed by atoms with Crippen molar-refractivity contribution < 1.29 is 19.1 Å². The highest BCUT2D eigenvalue weighted by Gasteiger charge is 2.26. The molecule has 1 saturated heterocycles. The van der Waals surface area contributed by atoms with Gasteiger partial charge in [0.1, 0.15) is 0 Å². The molecule has 3 rings (SSSR count). The first kappa shape index (κ1) is 21.8. The zero-order valence-electron chi connectivity index (χ0n) is 17.6. The summed E-state index contributed by atoms with van der Waals surface area (Å²) in [6, 6.07) is 0. The third kappa shape index (κ3) is 6.02. The van der Waals surface area contributed by atoms with Crippen LogP contribution in [0, 0.1) is 0 Å². The van der Waals surface area contributed by atoms with Gasteiger partial charge in [0.05, 0.1) is 12.1 Å². The van der Waals surface area contributed by atoms with E-state index in [1.165, 1.54) is 11.3 Å². The fraction of sp³-hybridized carbons (Fsp3) is 0.667. The van der Waals surface area contributed by atoms with Crippen molar-refractivity contribution in [2.45, 2.75) is 52.0 Å². The summed E-state index contributed by atoms with van der Waals surface area (Å²) < 4.78 is 5.31.